The third kappa shape index (κ3) is 3.88. The molecule has 2 aliphatic rings. The first kappa shape index (κ1) is 21.3. The number of fused-ring (bicyclic) bond motifs is 1. The highest BCUT2D eigenvalue weighted by atomic mass is 16.5. The van der Waals surface area contributed by atoms with Crippen molar-refractivity contribution in [1.82, 2.24) is 10.2 Å². The van der Waals surface area contributed by atoms with E-state index < -0.39 is 23.5 Å². The fourth-order valence-corrected chi connectivity index (χ4v) is 4.88. The molecular formula is C22H30N2O5. The maximum absolute atomic E-state index is 13.5. The molecule has 1 N–H and O–H groups in total. The van der Waals surface area contributed by atoms with Crippen molar-refractivity contribution >= 4 is 17.8 Å². The van der Waals surface area contributed by atoms with Gasteiger partial charge in [-0.2, -0.15) is 0 Å². The van der Waals surface area contributed by atoms with Gasteiger partial charge in [-0.15, -0.1) is 0 Å². The summed E-state index contributed by atoms with van der Waals surface area (Å²) >= 11 is 0. The van der Waals surface area contributed by atoms with Gasteiger partial charge in [0, 0.05) is 19.2 Å². The Bertz CT molecular complexity index is 772. The lowest BCUT2D eigenvalue weighted by molar-refractivity contribution is -0.145. The van der Waals surface area contributed by atoms with Crippen molar-refractivity contribution in [3.8, 4) is 0 Å². The van der Waals surface area contributed by atoms with Crippen LogP contribution in [0.4, 0.5) is 0 Å². The fraction of sp³-hybridized carbons (Fsp3) is 0.591. The molecule has 1 aromatic rings. The number of nitrogens with one attached hydrogen (secondary N) is 1. The van der Waals surface area contributed by atoms with E-state index in [-0.39, 0.29) is 11.8 Å². The van der Waals surface area contributed by atoms with Crippen molar-refractivity contribution in [2.45, 2.75) is 56.5 Å². The SMILES string of the molecule is COCCN1C(=O)c2ccccc2C(C(=O)NC(C)C(=O)OC)C12CCCCC2. The van der Waals surface area contributed by atoms with E-state index >= 15 is 0 Å². The zero-order valence-corrected chi connectivity index (χ0v) is 17.4. The number of methoxy groups -OCH3 is 2. The lowest BCUT2D eigenvalue weighted by atomic mass is 9.65. The van der Waals surface area contributed by atoms with Crippen LogP contribution < -0.4 is 5.32 Å². The summed E-state index contributed by atoms with van der Waals surface area (Å²) in [6.45, 7) is 2.45. The number of nitrogens with zero attached hydrogens (tertiary/aromatic N) is 1. The van der Waals surface area contributed by atoms with E-state index in [1.807, 2.05) is 23.1 Å². The fourth-order valence-electron chi connectivity index (χ4n) is 4.88. The van der Waals surface area contributed by atoms with Gasteiger partial charge in [0.15, 0.2) is 0 Å². The molecule has 3 rings (SSSR count). The smallest absolute Gasteiger partial charge is 0.328 e. The maximum Gasteiger partial charge on any atom is 0.328 e. The first-order chi connectivity index (χ1) is 14.0. The number of hydrogen-bond acceptors (Lipinski definition) is 5. The van der Waals surface area contributed by atoms with Gasteiger partial charge in [0.05, 0.1) is 25.2 Å². The highest BCUT2D eigenvalue weighted by Gasteiger charge is 2.54. The molecule has 2 amide bonds. The molecule has 2 atom stereocenters. The maximum atomic E-state index is 13.5. The topological polar surface area (TPSA) is 84.9 Å². The lowest BCUT2D eigenvalue weighted by Crippen LogP contribution is -2.63. The third-order valence-corrected chi connectivity index (χ3v) is 6.24. The molecular weight excluding hydrogens is 372 g/mol. The minimum atomic E-state index is -0.759. The predicted octanol–water partition coefficient (Wildman–Crippen LogP) is 2.25. The number of rotatable bonds is 6. The van der Waals surface area contributed by atoms with Crippen molar-refractivity contribution in [3.63, 3.8) is 0 Å². The molecule has 1 aliphatic carbocycles. The monoisotopic (exact) mass is 402 g/mol. The Labute approximate surface area is 171 Å². The number of ether oxygens (including phenoxy) is 2. The van der Waals surface area contributed by atoms with E-state index in [4.69, 9.17) is 9.47 Å². The van der Waals surface area contributed by atoms with Crippen LogP contribution in [0.2, 0.25) is 0 Å². The molecule has 0 aromatic heterocycles. The predicted molar refractivity (Wildman–Crippen MR) is 108 cm³/mol. The van der Waals surface area contributed by atoms with E-state index in [0.717, 1.165) is 37.7 Å². The van der Waals surface area contributed by atoms with Gasteiger partial charge in [0.25, 0.3) is 5.91 Å². The number of esters is 1. The van der Waals surface area contributed by atoms with Crippen LogP contribution in [0.15, 0.2) is 24.3 Å². The molecule has 1 aromatic carbocycles. The van der Waals surface area contributed by atoms with E-state index in [1.165, 1.54) is 7.11 Å². The zero-order chi connectivity index (χ0) is 21.0. The first-order valence-electron chi connectivity index (χ1n) is 10.2. The van der Waals surface area contributed by atoms with Crippen molar-refractivity contribution in [3.05, 3.63) is 35.4 Å². The standard InChI is InChI=1S/C22H30N2O5/c1-15(21(27)29-3)23-19(25)18-16-9-5-6-10-17(16)20(26)24(13-14-28-2)22(18)11-7-4-8-12-22/h5-6,9-10,15,18H,4,7-8,11-14H2,1-3H3,(H,23,25). The Morgan fingerprint density at radius 1 is 1.21 bits per heavy atom. The van der Waals surface area contributed by atoms with Crippen LogP contribution in [-0.2, 0) is 19.1 Å². The summed E-state index contributed by atoms with van der Waals surface area (Å²) in [7, 11) is 2.91. The average molecular weight is 402 g/mol. The molecule has 1 fully saturated rings. The molecule has 1 saturated carbocycles. The molecule has 7 nitrogen and oxygen atoms in total. The molecule has 0 radical (unpaired) electrons. The molecule has 1 spiro atoms. The molecule has 1 heterocycles. The second kappa shape index (κ2) is 8.95. The number of carbonyl (C=O) groups is 3. The molecule has 0 bridgehead atoms. The van der Waals surface area contributed by atoms with Crippen LogP contribution in [0.3, 0.4) is 0 Å². The van der Waals surface area contributed by atoms with Gasteiger partial charge >= 0.3 is 5.97 Å². The number of hydrogen-bond donors (Lipinski definition) is 1. The molecule has 2 unspecified atom stereocenters. The summed E-state index contributed by atoms with van der Waals surface area (Å²) < 4.78 is 10.0. The van der Waals surface area contributed by atoms with Gasteiger partial charge in [0.2, 0.25) is 5.91 Å². The highest BCUT2D eigenvalue weighted by Crippen LogP contribution is 2.49. The number of benzene rings is 1. The van der Waals surface area contributed by atoms with E-state index in [9.17, 15) is 14.4 Å². The van der Waals surface area contributed by atoms with Gasteiger partial charge in [0.1, 0.15) is 6.04 Å². The van der Waals surface area contributed by atoms with Gasteiger partial charge in [-0.3, -0.25) is 9.59 Å². The molecule has 7 heteroatoms. The number of carbonyl (C=O) groups excluding carboxylic acids is 3. The largest absolute Gasteiger partial charge is 0.467 e. The summed E-state index contributed by atoms with van der Waals surface area (Å²) in [6, 6.07) is 6.56. The van der Waals surface area contributed by atoms with Crippen LogP contribution in [0.5, 0.6) is 0 Å². The van der Waals surface area contributed by atoms with Crippen LogP contribution in [0.25, 0.3) is 0 Å². The van der Waals surface area contributed by atoms with Gasteiger partial charge < -0.3 is 19.7 Å². The lowest BCUT2D eigenvalue weighted by Gasteiger charge is -2.53. The minimum Gasteiger partial charge on any atom is -0.467 e. The van der Waals surface area contributed by atoms with Crippen molar-refractivity contribution < 1.29 is 23.9 Å². The van der Waals surface area contributed by atoms with Crippen LogP contribution in [-0.4, -0.2) is 61.6 Å². The average Bonchev–Trinajstić information content (AvgIpc) is 2.73. The minimum absolute atomic E-state index is 0.0513. The Morgan fingerprint density at radius 3 is 2.55 bits per heavy atom. The third-order valence-electron chi connectivity index (χ3n) is 6.24. The van der Waals surface area contributed by atoms with Crippen molar-refractivity contribution in [2.24, 2.45) is 0 Å². The summed E-state index contributed by atoms with van der Waals surface area (Å²) in [6.07, 6.45) is 4.50. The Morgan fingerprint density at radius 2 is 1.90 bits per heavy atom. The molecule has 158 valence electrons. The van der Waals surface area contributed by atoms with Gasteiger partial charge in [-0.25, -0.2) is 4.79 Å². The first-order valence-corrected chi connectivity index (χ1v) is 10.2. The van der Waals surface area contributed by atoms with Crippen LogP contribution in [0, 0.1) is 0 Å². The highest BCUT2D eigenvalue weighted by molar-refractivity contribution is 6.02. The Balaban J connectivity index is 2.07. The molecule has 1 aliphatic heterocycles. The number of amides is 2. The van der Waals surface area contributed by atoms with Crippen LogP contribution >= 0.6 is 0 Å². The molecule has 0 saturated heterocycles. The van der Waals surface area contributed by atoms with Crippen molar-refractivity contribution in [1.29, 1.82) is 0 Å². The molecule has 29 heavy (non-hydrogen) atoms. The summed E-state index contributed by atoms with van der Waals surface area (Å²) in [4.78, 5) is 40.6. The van der Waals surface area contributed by atoms with Gasteiger partial charge in [-0.05, 0) is 31.4 Å². The quantitative estimate of drug-likeness (QED) is 0.738. The second-order valence-electron chi connectivity index (χ2n) is 7.89. The summed E-state index contributed by atoms with van der Waals surface area (Å²) in [5, 5.41) is 2.82. The zero-order valence-electron chi connectivity index (χ0n) is 17.4. The second-order valence-corrected chi connectivity index (χ2v) is 7.89. The van der Waals surface area contributed by atoms with Crippen molar-refractivity contribution in [2.75, 3.05) is 27.4 Å². The van der Waals surface area contributed by atoms with E-state index in [2.05, 4.69) is 5.32 Å². The van der Waals surface area contributed by atoms with E-state index in [0.29, 0.717) is 18.7 Å². The summed E-state index contributed by atoms with van der Waals surface area (Å²) in [5.74, 6) is -1.33. The normalized spacial score (nSPS) is 21.4. The van der Waals surface area contributed by atoms with Gasteiger partial charge in [-0.1, -0.05) is 37.5 Å². The van der Waals surface area contributed by atoms with E-state index in [1.54, 1.807) is 20.1 Å². The Hall–Kier alpha value is -2.41. The summed E-state index contributed by atoms with van der Waals surface area (Å²) in [5.41, 5.74) is 0.676. The van der Waals surface area contributed by atoms with Crippen LogP contribution in [0.1, 0.15) is 60.9 Å². The Kier molecular flexibility index (Phi) is 6.57.